The van der Waals surface area contributed by atoms with E-state index in [0.717, 1.165) is 6.61 Å². The molecule has 62 valence electrons. The summed E-state index contributed by atoms with van der Waals surface area (Å²) in [5.74, 6) is 0. The van der Waals surface area contributed by atoms with Crippen LogP contribution in [0, 0.1) is 0 Å². The van der Waals surface area contributed by atoms with Crippen LogP contribution in [0.25, 0.3) is 0 Å². The van der Waals surface area contributed by atoms with E-state index in [1.54, 1.807) is 0 Å². The second kappa shape index (κ2) is 3.94. The lowest BCUT2D eigenvalue weighted by molar-refractivity contribution is 0.0231. The van der Waals surface area contributed by atoms with Crippen molar-refractivity contribution in [2.24, 2.45) is 0 Å². The van der Waals surface area contributed by atoms with Gasteiger partial charge in [0.2, 0.25) is 0 Å². The van der Waals surface area contributed by atoms with Crippen molar-refractivity contribution in [1.29, 1.82) is 0 Å². The van der Waals surface area contributed by atoms with E-state index in [0.29, 0.717) is 6.04 Å². The minimum Gasteiger partial charge on any atom is -0.360 e. The van der Waals surface area contributed by atoms with Crippen molar-refractivity contribution < 1.29 is 4.74 Å². The summed E-state index contributed by atoms with van der Waals surface area (Å²) in [5, 5.41) is 3.27. The number of hydrogen-bond donors (Lipinski definition) is 1. The summed E-state index contributed by atoms with van der Waals surface area (Å²) in [5.41, 5.74) is -0.0839. The van der Waals surface area contributed by atoms with Crippen LogP contribution in [0.3, 0.4) is 0 Å². The first-order valence-corrected chi connectivity index (χ1v) is 4.02. The lowest BCUT2D eigenvalue weighted by Gasteiger charge is -2.16. The SMILES string of the molecule is CC.CC1COC(C)(C)N1. The van der Waals surface area contributed by atoms with Crippen molar-refractivity contribution in [3.05, 3.63) is 0 Å². The van der Waals surface area contributed by atoms with Crippen LogP contribution >= 0.6 is 0 Å². The zero-order chi connectivity index (χ0) is 8.20. The Morgan fingerprint density at radius 2 is 1.90 bits per heavy atom. The van der Waals surface area contributed by atoms with Gasteiger partial charge in [-0.05, 0) is 20.8 Å². The largest absolute Gasteiger partial charge is 0.360 e. The monoisotopic (exact) mass is 145 g/mol. The van der Waals surface area contributed by atoms with Gasteiger partial charge in [0.1, 0.15) is 5.72 Å². The Hall–Kier alpha value is -0.0800. The average molecular weight is 145 g/mol. The third-order valence-electron chi connectivity index (χ3n) is 1.29. The molecule has 2 heteroatoms. The predicted molar refractivity (Wildman–Crippen MR) is 44.0 cm³/mol. The molecule has 0 saturated carbocycles. The minimum absolute atomic E-state index is 0.0839. The van der Waals surface area contributed by atoms with Crippen LogP contribution in [0.15, 0.2) is 0 Å². The van der Waals surface area contributed by atoms with E-state index in [4.69, 9.17) is 4.74 Å². The van der Waals surface area contributed by atoms with E-state index >= 15 is 0 Å². The number of rotatable bonds is 0. The van der Waals surface area contributed by atoms with E-state index in [9.17, 15) is 0 Å². The molecule has 1 N–H and O–H groups in total. The molecule has 1 fully saturated rings. The van der Waals surface area contributed by atoms with Crippen molar-refractivity contribution in [2.75, 3.05) is 6.61 Å². The molecule has 10 heavy (non-hydrogen) atoms. The molecule has 0 aromatic heterocycles. The lowest BCUT2D eigenvalue weighted by Crippen LogP contribution is -2.36. The zero-order valence-corrected chi connectivity index (χ0v) is 7.69. The van der Waals surface area contributed by atoms with Crippen molar-refractivity contribution in [3.8, 4) is 0 Å². The maximum absolute atomic E-state index is 5.34. The zero-order valence-electron chi connectivity index (χ0n) is 7.69. The molecule has 0 radical (unpaired) electrons. The highest BCUT2D eigenvalue weighted by Crippen LogP contribution is 2.12. The van der Waals surface area contributed by atoms with Gasteiger partial charge in [0.25, 0.3) is 0 Å². The summed E-state index contributed by atoms with van der Waals surface area (Å²) < 4.78 is 5.34. The highest BCUT2D eigenvalue weighted by molar-refractivity contribution is 4.77. The Labute approximate surface area is 64.0 Å². The van der Waals surface area contributed by atoms with Crippen LogP contribution in [0.1, 0.15) is 34.6 Å². The van der Waals surface area contributed by atoms with Crippen molar-refractivity contribution in [1.82, 2.24) is 5.32 Å². The topological polar surface area (TPSA) is 21.3 Å². The molecule has 1 rings (SSSR count). The van der Waals surface area contributed by atoms with Gasteiger partial charge < -0.3 is 4.74 Å². The summed E-state index contributed by atoms with van der Waals surface area (Å²) in [6.45, 7) is 11.0. The molecule has 0 bridgehead atoms. The first-order valence-electron chi connectivity index (χ1n) is 4.02. The van der Waals surface area contributed by atoms with Gasteiger partial charge in [-0.1, -0.05) is 13.8 Å². The number of nitrogens with one attached hydrogen (secondary N) is 1. The Morgan fingerprint density at radius 3 is 2.00 bits per heavy atom. The Balaban J connectivity index is 0.000000371. The summed E-state index contributed by atoms with van der Waals surface area (Å²) >= 11 is 0. The van der Waals surface area contributed by atoms with Crippen LogP contribution in [0.2, 0.25) is 0 Å². The number of hydrogen-bond acceptors (Lipinski definition) is 2. The van der Waals surface area contributed by atoms with Gasteiger partial charge in [-0.15, -0.1) is 0 Å². The average Bonchev–Trinajstić information content (AvgIpc) is 2.15. The molecule has 0 spiro atoms. The van der Waals surface area contributed by atoms with Crippen LogP contribution < -0.4 is 5.32 Å². The molecule has 1 aliphatic heterocycles. The molecule has 0 aromatic carbocycles. The maximum Gasteiger partial charge on any atom is 0.113 e. The second-order valence-corrected chi connectivity index (χ2v) is 2.87. The highest BCUT2D eigenvalue weighted by atomic mass is 16.5. The lowest BCUT2D eigenvalue weighted by atomic mass is 10.3. The fraction of sp³-hybridized carbons (Fsp3) is 1.00. The van der Waals surface area contributed by atoms with E-state index in [-0.39, 0.29) is 5.72 Å². The third kappa shape index (κ3) is 3.18. The molecular weight excluding hydrogens is 126 g/mol. The van der Waals surface area contributed by atoms with Gasteiger partial charge in [0.15, 0.2) is 0 Å². The van der Waals surface area contributed by atoms with Gasteiger partial charge in [-0.3, -0.25) is 5.32 Å². The molecule has 1 unspecified atom stereocenters. The molecule has 1 heterocycles. The van der Waals surface area contributed by atoms with Gasteiger partial charge in [-0.25, -0.2) is 0 Å². The van der Waals surface area contributed by atoms with E-state index in [2.05, 4.69) is 12.2 Å². The minimum atomic E-state index is -0.0839. The Kier molecular flexibility index (Phi) is 3.91. The van der Waals surface area contributed by atoms with Crippen LogP contribution in [-0.2, 0) is 4.74 Å². The van der Waals surface area contributed by atoms with Crippen LogP contribution in [-0.4, -0.2) is 18.4 Å². The first-order chi connectivity index (χ1) is 4.60. The van der Waals surface area contributed by atoms with Gasteiger partial charge >= 0.3 is 0 Å². The fourth-order valence-corrected chi connectivity index (χ4v) is 1.01. The van der Waals surface area contributed by atoms with Crippen molar-refractivity contribution in [2.45, 2.75) is 46.4 Å². The molecule has 1 aliphatic rings. The molecule has 1 atom stereocenters. The van der Waals surface area contributed by atoms with Crippen LogP contribution in [0.5, 0.6) is 0 Å². The predicted octanol–water partition coefficient (Wildman–Crippen LogP) is 1.76. The second-order valence-electron chi connectivity index (χ2n) is 2.87. The quantitative estimate of drug-likeness (QED) is 0.561. The summed E-state index contributed by atoms with van der Waals surface area (Å²) in [6, 6.07) is 0.519. The third-order valence-corrected chi connectivity index (χ3v) is 1.29. The summed E-state index contributed by atoms with van der Waals surface area (Å²) in [6.07, 6.45) is 0. The van der Waals surface area contributed by atoms with Gasteiger partial charge in [0.05, 0.1) is 6.61 Å². The molecule has 0 amide bonds. The molecular formula is C8H19NO. The Morgan fingerprint density at radius 1 is 1.40 bits per heavy atom. The highest BCUT2D eigenvalue weighted by Gasteiger charge is 2.27. The van der Waals surface area contributed by atoms with Crippen LogP contribution in [0.4, 0.5) is 0 Å². The van der Waals surface area contributed by atoms with Crippen molar-refractivity contribution in [3.63, 3.8) is 0 Å². The molecule has 1 saturated heterocycles. The fourth-order valence-electron chi connectivity index (χ4n) is 1.01. The first kappa shape index (κ1) is 9.92. The summed E-state index contributed by atoms with van der Waals surface area (Å²) in [4.78, 5) is 0. The smallest absolute Gasteiger partial charge is 0.113 e. The van der Waals surface area contributed by atoms with E-state index in [1.165, 1.54) is 0 Å². The van der Waals surface area contributed by atoms with E-state index < -0.39 is 0 Å². The molecule has 0 aliphatic carbocycles. The van der Waals surface area contributed by atoms with Gasteiger partial charge in [0, 0.05) is 6.04 Å². The van der Waals surface area contributed by atoms with E-state index in [1.807, 2.05) is 27.7 Å². The van der Waals surface area contributed by atoms with Gasteiger partial charge in [-0.2, -0.15) is 0 Å². The standard InChI is InChI=1S/C6H13NO.C2H6/c1-5-4-8-6(2,3)7-5;1-2/h5,7H,4H2,1-3H3;1-2H3. The molecule has 2 nitrogen and oxygen atoms in total. The molecule has 0 aromatic rings. The summed E-state index contributed by atoms with van der Waals surface area (Å²) in [7, 11) is 0. The normalized spacial score (nSPS) is 29.1. The Bertz CT molecular complexity index is 91.3. The van der Waals surface area contributed by atoms with Crippen molar-refractivity contribution >= 4 is 0 Å². The maximum atomic E-state index is 5.34. The number of ether oxygens (including phenoxy) is 1.